The fourth-order valence-electron chi connectivity index (χ4n) is 1.66. The van der Waals surface area contributed by atoms with Gasteiger partial charge in [-0.1, -0.05) is 18.2 Å². The first-order valence-corrected chi connectivity index (χ1v) is 8.52. The predicted molar refractivity (Wildman–Crippen MR) is 85.0 cm³/mol. The van der Waals surface area contributed by atoms with Gasteiger partial charge in [0.1, 0.15) is 0 Å². The molecule has 2 aromatic rings. The van der Waals surface area contributed by atoms with Crippen molar-refractivity contribution in [3.8, 4) is 0 Å². The highest BCUT2D eigenvalue weighted by atomic mass is 32.2. The number of thiophene rings is 1. The van der Waals surface area contributed by atoms with E-state index >= 15 is 0 Å². The molecule has 4 nitrogen and oxygen atoms in total. The molecule has 0 fully saturated rings. The van der Waals surface area contributed by atoms with Gasteiger partial charge in [0.2, 0.25) is 10.0 Å². The molecular formula is C15H15NO3S2. The first-order valence-electron chi connectivity index (χ1n) is 6.20. The largest absolute Gasteiger partial charge is 0.289 e. The Hall–Kier alpha value is -1.76. The Bertz CT molecular complexity index is 760. The van der Waals surface area contributed by atoms with E-state index in [0.29, 0.717) is 5.56 Å². The lowest BCUT2D eigenvalue weighted by molar-refractivity contribution is 0.104. The van der Waals surface area contributed by atoms with Gasteiger partial charge >= 0.3 is 0 Å². The first kappa shape index (κ1) is 15.6. The van der Waals surface area contributed by atoms with Crippen molar-refractivity contribution in [3.05, 3.63) is 58.3 Å². The van der Waals surface area contributed by atoms with Gasteiger partial charge < -0.3 is 0 Å². The third-order valence-electron chi connectivity index (χ3n) is 2.84. The molecule has 1 aromatic carbocycles. The summed E-state index contributed by atoms with van der Waals surface area (Å²) >= 11 is 1.53. The molecule has 0 saturated heterocycles. The standard InChI is InChI=1S/C15H15NO3S2/c1-16(2)21(18,19)14-7-3-5-12(11-14)15(17)9-8-13-6-4-10-20-13/h3-11H,1-2H3. The van der Waals surface area contributed by atoms with E-state index in [1.165, 1.54) is 43.6 Å². The third-order valence-corrected chi connectivity index (χ3v) is 5.49. The fourth-order valence-corrected chi connectivity index (χ4v) is 3.23. The van der Waals surface area contributed by atoms with Crippen LogP contribution in [-0.4, -0.2) is 32.6 Å². The van der Waals surface area contributed by atoms with Crippen LogP contribution in [0, 0.1) is 0 Å². The van der Waals surface area contributed by atoms with Crippen LogP contribution in [0.3, 0.4) is 0 Å². The van der Waals surface area contributed by atoms with E-state index in [1.54, 1.807) is 18.2 Å². The van der Waals surface area contributed by atoms with E-state index in [0.717, 1.165) is 9.18 Å². The van der Waals surface area contributed by atoms with Crippen LogP contribution in [-0.2, 0) is 10.0 Å². The molecule has 0 unspecified atom stereocenters. The number of benzene rings is 1. The molecule has 0 N–H and O–H groups in total. The smallest absolute Gasteiger partial charge is 0.242 e. The van der Waals surface area contributed by atoms with E-state index in [9.17, 15) is 13.2 Å². The van der Waals surface area contributed by atoms with Crippen molar-refractivity contribution in [3.63, 3.8) is 0 Å². The van der Waals surface area contributed by atoms with Crippen molar-refractivity contribution in [1.82, 2.24) is 4.31 Å². The van der Waals surface area contributed by atoms with Crippen LogP contribution in [0.15, 0.2) is 52.7 Å². The Morgan fingerprint density at radius 3 is 2.57 bits per heavy atom. The highest BCUT2D eigenvalue weighted by Crippen LogP contribution is 2.16. The molecule has 2 rings (SSSR count). The van der Waals surface area contributed by atoms with E-state index in [1.807, 2.05) is 17.5 Å². The zero-order chi connectivity index (χ0) is 15.5. The molecule has 0 spiro atoms. The third kappa shape index (κ3) is 3.66. The van der Waals surface area contributed by atoms with Gasteiger partial charge in [-0.3, -0.25) is 4.79 Å². The van der Waals surface area contributed by atoms with Crippen LogP contribution in [0.5, 0.6) is 0 Å². The second-order valence-corrected chi connectivity index (χ2v) is 7.66. The summed E-state index contributed by atoms with van der Waals surface area (Å²) in [6.07, 6.45) is 3.17. The second kappa shape index (κ2) is 6.34. The summed E-state index contributed by atoms with van der Waals surface area (Å²) in [5.74, 6) is -0.223. The number of nitrogens with zero attached hydrogens (tertiary/aromatic N) is 1. The molecule has 110 valence electrons. The molecule has 0 radical (unpaired) electrons. The zero-order valence-electron chi connectivity index (χ0n) is 11.7. The number of hydrogen-bond acceptors (Lipinski definition) is 4. The number of carbonyl (C=O) groups is 1. The Labute approximate surface area is 128 Å². The number of allylic oxidation sites excluding steroid dienone is 1. The molecule has 1 heterocycles. The van der Waals surface area contributed by atoms with Gasteiger partial charge in [-0.2, -0.15) is 0 Å². The Kier molecular flexibility index (Phi) is 4.72. The van der Waals surface area contributed by atoms with Gasteiger partial charge in [0.25, 0.3) is 0 Å². The van der Waals surface area contributed by atoms with E-state index in [2.05, 4.69) is 0 Å². The predicted octanol–water partition coefficient (Wildman–Crippen LogP) is 2.89. The topological polar surface area (TPSA) is 54.5 Å². The van der Waals surface area contributed by atoms with Crippen molar-refractivity contribution in [2.75, 3.05) is 14.1 Å². The normalized spacial score (nSPS) is 12.1. The average Bonchev–Trinajstić information content (AvgIpc) is 2.98. The number of ketones is 1. The molecule has 0 aliphatic rings. The second-order valence-electron chi connectivity index (χ2n) is 4.53. The maximum atomic E-state index is 12.1. The van der Waals surface area contributed by atoms with Gasteiger partial charge in [-0.25, -0.2) is 12.7 Å². The zero-order valence-corrected chi connectivity index (χ0v) is 13.3. The van der Waals surface area contributed by atoms with Crippen LogP contribution in [0.25, 0.3) is 6.08 Å². The lowest BCUT2D eigenvalue weighted by Gasteiger charge is -2.11. The van der Waals surface area contributed by atoms with Crippen LogP contribution in [0.1, 0.15) is 15.2 Å². The van der Waals surface area contributed by atoms with E-state index in [4.69, 9.17) is 0 Å². The van der Waals surface area contributed by atoms with Crippen LogP contribution < -0.4 is 0 Å². The molecule has 6 heteroatoms. The minimum Gasteiger partial charge on any atom is -0.289 e. The molecule has 0 bridgehead atoms. The van der Waals surface area contributed by atoms with Crippen molar-refractivity contribution in [1.29, 1.82) is 0 Å². The van der Waals surface area contributed by atoms with Crippen molar-refractivity contribution < 1.29 is 13.2 Å². The number of rotatable bonds is 5. The fraction of sp³-hybridized carbons (Fsp3) is 0.133. The molecule has 21 heavy (non-hydrogen) atoms. The molecule has 0 saturated carbocycles. The maximum Gasteiger partial charge on any atom is 0.242 e. The van der Waals surface area contributed by atoms with Crippen LogP contribution in [0.4, 0.5) is 0 Å². The molecule has 0 aliphatic carbocycles. The summed E-state index contributed by atoms with van der Waals surface area (Å²) < 4.78 is 25.2. The Morgan fingerprint density at radius 2 is 1.95 bits per heavy atom. The van der Waals surface area contributed by atoms with Gasteiger partial charge in [0.15, 0.2) is 5.78 Å². The maximum absolute atomic E-state index is 12.1. The average molecular weight is 321 g/mol. The highest BCUT2D eigenvalue weighted by Gasteiger charge is 2.18. The molecule has 0 atom stereocenters. The SMILES string of the molecule is CN(C)S(=O)(=O)c1cccc(C(=O)C=Cc2cccs2)c1. The van der Waals surface area contributed by atoms with E-state index in [-0.39, 0.29) is 10.7 Å². The summed E-state index contributed by atoms with van der Waals surface area (Å²) in [6, 6.07) is 9.87. The summed E-state index contributed by atoms with van der Waals surface area (Å²) in [6.45, 7) is 0. The van der Waals surface area contributed by atoms with Crippen molar-refractivity contribution in [2.45, 2.75) is 4.90 Å². The van der Waals surface area contributed by atoms with Crippen molar-refractivity contribution >= 4 is 33.2 Å². The Morgan fingerprint density at radius 1 is 1.19 bits per heavy atom. The van der Waals surface area contributed by atoms with Gasteiger partial charge in [-0.15, -0.1) is 11.3 Å². The number of sulfonamides is 1. The summed E-state index contributed by atoms with van der Waals surface area (Å²) in [5.41, 5.74) is 0.353. The minimum absolute atomic E-state index is 0.114. The highest BCUT2D eigenvalue weighted by molar-refractivity contribution is 7.89. The van der Waals surface area contributed by atoms with Gasteiger partial charge in [0, 0.05) is 24.5 Å². The summed E-state index contributed by atoms with van der Waals surface area (Å²) in [4.78, 5) is 13.2. The number of carbonyl (C=O) groups excluding carboxylic acids is 1. The van der Waals surface area contributed by atoms with Gasteiger partial charge in [-0.05, 0) is 35.7 Å². The van der Waals surface area contributed by atoms with Crippen molar-refractivity contribution in [2.24, 2.45) is 0 Å². The lowest BCUT2D eigenvalue weighted by atomic mass is 10.1. The molecular weight excluding hydrogens is 306 g/mol. The monoisotopic (exact) mass is 321 g/mol. The summed E-state index contributed by atoms with van der Waals surface area (Å²) in [7, 11) is -0.614. The molecule has 0 aliphatic heterocycles. The first-order chi connectivity index (χ1) is 9.91. The quantitative estimate of drug-likeness (QED) is 0.628. The van der Waals surface area contributed by atoms with Gasteiger partial charge in [0.05, 0.1) is 4.90 Å². The number of hydrogen-bond donors (Lipinski definition) is 0. The van der Waals surface area contributed by atoms with Crippen LogP contribution in [0.2, 0.25) is 0 Å². The molecule has 0 amide bonds. The minimum atomic E-state index is -3.53. The summed E-state index contributed by atoms with van der Waals surface area (Å²) in [5, 5.41) is 1.93. The van der Waals surface area contributed by atoms with E-state index < -0.39 is 10.0 Å². The Balaban J connectivity index is 2.27. The van der Waals surface area contributed by atoms with Crippen LogP contribution >= 0.6 is 11.3 Å². The lowest BCUT2D eigenvalue weighted by Crippen LogP contribution is -2.22. The molecule has 1 aromatic heterocycles.